The smallest absolute Gasteiger partial charge is 0.153 e. The summed E-state index contributed by atoms with van der Waals surface area (Å²) >= 11 is 0. The van der Waals surface area contributed by atoms with Gasteiger partial charge in [-0.25, -0.2) is 4.98 Å². The molecule has 0 aliphatic heterocycles. The normalized spacial score (nSPS) is 9.63. The van der Waals surface area contributed by atoms with Crippen LogP contribution in [0.2, 0.25) is 0 Å². The van der Waals surface area contributed by atoms with E-state index in [1.807, 2.05) is 13.8 Å². The maximum absolute atomic E-state index is 10.7. The third-order valence-corrected chi connectivity index (χ3v) is 2.37. The van der Waals surface area contributed by atoms with Crippen LogP contribution in [-0.2, 0) is 6.54 Å². The summed E-state index contributed by atoms with van der Waals surface area (Å²) < 4.78 is 1.62. The number of anilines is 1. The molecule has 2 aromatic rings. The van der Waals surface area contributed by atoms with Crippen molar-refractivity contribution in [3.8, 4) is 11.1 Å². The van der Waals surface area contributed by atoms with E-state index < -0.39 is 0 Å². The largest absolute Gasteiger partial charge is 0.394 e. The lowest BCUT2D eigenvalue weighted by atomic mass is 10.1. The van der Waals surface area contributed by atoms with Crippen molar-refractivity contribution in [3.63, 3.8) is 0 Å². The molecule has 2 rings (SSSR count). The fourth-order valence-electron chi connectivity index (χ4n) is 1.48. The lowest BCUT2D eigenvalue weighted by molar-refractivity contribution is 0.112. The molecule has 0 aliphatic carbocycles. The van der Waals surface area contributed by atoms with Crippen LogP contribution in [0.4, 0.5) is 5.82 Å². The summed E-state index contributed by atoms with van der Waals surface area (Å²) in [6.07, 6.45) is 5.68. The third-order valence-electron chi connectivity index (χ3n) is 2.37. The van der Waals surface area contributed by atoms with Crippen molar-refractivity contribution in [3.05, 3.63) is 30.2 Å². The number of pyridine rings is 1. The molecule has 0 atom stereocenters. The highest BCUT2D eigenvalue weighted by Crippen LogP contribution is 2.20. The van der Waals surface area contributed by atoms with E-state index in [1.54, 1.807) is 29.3 Å². The zero-order chi connectivity index (χ0) is 14.3. The fourth-order valence-corrected chi connectivity index (χ4v) is 1.48. The number of hydrogen-bond acceptors (Lipinski definition) is 5. The SMILES string of the molecule is CC.Nc1ncc(-c2cnn(CCO)c2)cc1C=O. The van der Waals surface area contributed by atoms with Gasteiger partial charge >= 0.3 is 0 Å². The summed E-state index contributed by atoms with van der Waals surface area (Å²) in [5.74, 6) is 0.214. The first-order chi connectivity index (χ1) is 9.24. The number of aliphatic hydroxyl groups is 1. The van der Waals surface area contributed by atoms with Crippen LogP contribution in [0.3, 0.4) is 0 Å². The number of nitrogens with zero attached hydrogens (tertiary/aromatic N) is 3. The van der Waals surface area contributed by atoms with E-state index in [9.17, 15) is 4.79 Å². The predicted molar refractivity (Wildman–Crippen MR) is 73.7 cm³/mol. The van der Waals surface area contributed by atoms with Gasteiger partial charge in [0.15, 0.2) is 6.29 Å². The molecule has 0 aromatic carbocycles. The molecule has 0 spiro atoms. The Morgan fingerprint density at radius 1 is 1.37 bits per heavy atom. The monoisotopic (exact) mass is 262 g/mol. The van der Waals surface area contributed by atoms with Gasteiger partial charge in [0.2, 0.25) is 0 Å². The van der Waals surface area contributed by atoms with Crippen molar-refractivity contribution in [2.24, 2.45) is 0 Å². The van der Waals surface area contributed by atoms with Crippen molar-refractivity contribution >= 4 is 12.1 Å². The fraction of sp³-hybridized carbons (Fsp3) is 0.308. The molecule has 0 saturated heterocycles. The summed E-state index contributed by atoms with van der Waals surface area (Å²) in [5.41, 5.74) is 7.49. The topological polar surface area (TPSA) is 94.0 Å². The van der Waals surface area contributed by atoms with Gasteiger partial charge in [0.1, 0.15) is 5.82 Å². The van der Waals surface area contributed by atoms with E-state index in [0.717, 1.165) is 11.1 Å². The highest BCUT2D eigenvalue weighted by atomic mass is 16.3. The average molecular weight is 262 g/mol. The van der Waals surface area contributed by atoms with E-state index in [1.165, 1.54) is 0 Å². The molecule has 0 fully saturated rings. The number of nitrogen functional groups attached to an aromatic ring is 1. The molecule has 6 heteroatoms. The summed E-state index contributed by atoms with van der Waals surface area (Å²) in [6.45, 7) is 4.46. The number of aliphatic hydroxyl groups excluding tert-OH is 1. The van der Waals surface area contributed by atoms with E-state index in [-0.39, 0.29) is 12.4 Å². The minimum absolute atomic E-state index is 0.0285. The average Bonchev–Trinajstić information content (AvgIpc) is 2.91. The Balaban J connectivity index is 0.000000861. The van der Waals surface area contributed by atoms with E-state index in [0.29, 0.717) is 18.4 Å². The summed E-state index contributed by atoms with van der Waals surface area (Å²) in [7, 11) is 0. The number of carbonyl (C=O) groups is 1. The molecule has 2 heterocycles. The molecule has 19 heavy (non-hydrogen) atoms. The van der Waals surface area contributed by atoms with Crippen LogP contribution in [-0.4, -0.2) is 32.8 Å². The third kappa shape index (κ3) is 3.62. The van der Waals surface area contributed by atoms with Crippen molar-refractivity contribution in [2.45, 2.75) is 20.4 Å². The van der Waals surface area contributed by atoms with Crippen molar-refractivity contribution in [1.82, 2.24) is 14.8 Å². The van der Waals surface area contributed by atoms with Gasteiger partial charge in [-0.3, -0.25) is 9.48 Å². The molecule has 0 bridgehead atoms. The standard InChI is InChI=1S/C11H12N4O2.C2H6/c12-11-9(7-17)3-8(4-13-11)10-5-14-15(6-10)1-2-16;1-2/h3-7,16H,1-2H2,(H2,12,13);1-2H3. The first kappa shape index (κ1) is 14.8. The maximum atomic E-state index is 10.7. The number of rotatable bonds is 4. The number of carbonyl (C=O) groups excluding carboxylic acids is 1. The first-order valence-corrected chi connectivity index (χ1v) is 6.09. The number of aldehydes is 1. The van der Waals surface area contributed by atoms with Gasteiger partial charge in [-0.15, -0.1) is 0 Å². The van der Waals surface area contributed by atoms with Crippen LogP contribution >= 0.6 is 0 Å². The lowest BCUT2D eigenvalue weighted by Gasteiger charge is -2.00. The molecule has 0 radical (unpaired) electrons. The second-order valence-corrected chi connectivity index (χ2v) is 3.53. The maximum Gasteiger partial charge on any atom is 0.153 e. The number of aromatic nitrogens is 3. The second kappa shape index (κ2) is 7.27. The molecular formula is C13H18N4O2. The molecule has 3 N–H and O–H groups in total. The van der Waals surface area contributed by atoms with Gasteiger partial charge < -0.3 is 10.8 Å². The summed E-state index contributed by atoms with van der Waals surface area (Å²) in [6, 6.07) is 1.66. The number of nitrogens with two attached hydrogens (primary N) is 1. The highest BCUT2D eigenvalue weighted by Gasteiger charge is 2.05. The Bertz CT molecular complexity index is 537. The lowest BCUT2D eigenvalue weighted by Crippen LogP contribution is -2.01. The Morgan fingerprint density at radius 2 is 2.11 bits per heavy atom. The molecular weight excluding hydrogens is 244 g/mol. The minimum Gasteiger partial charge on any atom is -0.394 e. The van der Waals surface area contributed by atoms with Gasteiger partial charge in [0.05, 0.1) is 24.9 Å². The van der Waals surface area contributed by atoms with Gasteiger partial charge in [-0.05, 0) is 6.07 Å². The summed E-state index contributed by atoms with van der Waals surface area (Å²) in [4.78, 5) is 14.7. The van der Waals surface area contributed by atoms with Crippen molar-refractivity contribution in [1.29, 1.82) is 0 Å². The van der Waals surface area contributed by atoms with E-state index in [4.69, 9.17) is 10.8 Å². The first-order valence-electron chi connectivity index (χ1n) is 6.09. The van der Waals surface area contributed by atoms with Crippen LogP contribution in [0.15, 0.2) is 24.7 Å². The number of hydrogen-bond donors (Lipinski definition) is 2. The molecule has 0 amide bonds. The zero-order valence-corrected chi connectivity index (χ0v) is 11.1. The molecule has 6 nitrogen and oxygen atoms in total. The van der Waals surface area contributed by atoms with Crippen LogP contribution < -0.4 is 5.73 Å². The Kier molecular flexibility index (Phi) is 5.69. The Hall–Kier alpha value is -2.21. The Labute approximate surface area is 111 Å². The molecule has 0 unspecified atom stereocenters. The van der Waals surface area contributed by atoms with Crippen LogP contribution in [0.1, 0.15) is 24.2 Å². The van der Waals surface area contributed by atoms with Crippen LogP contribution in [0.5, 0.6) is 0 Å². The van der Waals surface area contributed by atoms with Gasteiger partial charge in [0.25, 0.3) is 0 Å². The van der Waals surface area contributed by atoms with E-state index in [2.05, 4.69) is 10.1 Å². The van der Waals surface area contributed by atoms with Gasteiger partial charge in [0, 0.05) is 23.5 Å². The molecule has 0 saturated carbocycles. The molecule has 2 aromatic heterocycles. The molecule has 102 valence electrons. The quantitative estimate of drug-likeness (QED) is 0.811. The Morgan fingerprint density at radius 3 is 2.74 bits per heavy atom. The highest BCUT2D eigenvalue weighted by molar-refractivity contribution is 5.84. The second-order valence-electron chi connectivity index (χ2n) is 3.53. The molecule has 0 aliphatic rings. The van der Waals surface area contributed by atoms with E-state index >= 15 is 0 Å². The van der Waals surface area contributed by atoms with Gasteiger partial charge in [-0.2, -0.15) is 5.10 Å². The van der Waals surface area contributed by atoms with Gasteiger partial charge in [-0.1, -0.05) is 13.8 Å². The summed E-state index contributed by atoms with van der Waals surface area (Å²) in [5, 5.41) is 12.9. The van der Waals surface area contributed by atoms with Crippen LogP contribution in [0, 0.1) is 0 Å². The zero-order valence-electron chi connectivity index (χ0n) is 11.1. The minimum atomic E-state index is 0.0285. The van der Waals surface area contributed by atoms with Crippen molar-refractivity contribution in [2.75, 3.05) is 12.3 Å². The van der Waals surface area contributed by atoms with Crippen molar-refractivity contribution < 1.29 is 9.90 Å². The van der Waals surface area contributed by atoms with Crippen LogP contribution in [0.25, 0.3) is 11.1 Å². The predicted octanol–water partition coefficient (Wildman–Crippen LogP) is 1.36.